The first kappa shape index (κ1) is 37.3. The average molecular weight is 677 g/mol. The van der Waals surface area contributed by atoms with E-state index in [0.29, 0.717) is 24.9 Å². The molecule has 3 aromatic carbocycles. The minimum absolute atomic E-state index is 0.0585. The number of likely N-dealkylation sites (tertiary alicyclic amines) is 1. The number of anilines is 3. The van der Waals surface area contributed by atoms with Crippen LogP contribution in [-0.2, 0) is 11.3 Å². The Morgan fingerprint density at radius 2 is 1.58 bits per heavy atom. The van der Waals surface area contributed by atoms with Gasteiger partial charge in [0.15, 0.2) is 0 Å². The molecule has 2 saturated heterocycles. The van der Waals surface area contributed by atoms with E-state index < -0.39 is 0 Å². The highest BCUT2D eigenvalue weighted by Crippen LogP contribution is 2.33. The van der Waals surface area contributed by atoms with Crippen molar-refractivity contribution in [1.29, 1.82) is 0 Å². The van der Waals surface area contributed by atoms with Crippen LogP contribution in [0.2, 0.25) is 0 Å². The van der Waals surface area contributed by atoms with Crippen molar-refractivity contribution < 1.29 is 4.79 Å². The highest BCUT2D eigenvalue weighted by molar-refractivity contribution is 5.91. The molecule has 0 bridgehead atoms. The van der Waals surface area contributed by atoms with Gasteiger partial charge < -0.3 is 25.8 Å². The smallest absolute Gasteiger partial charge is 0.225 e. The van der Waals surface area contributed by atoms with E-state index in [-0.39, 0.29) is 5.91 Å². The first-order chi connectivity index (χ1) is 24.4. The molecule has 2 fully saturated rings. The molecular formula is C43H60N6O. The lowest BCUT2D eigenvalue weighted by Crippen LogP contribution is -2.47. The number of hydrogen-bond acceptors (Lipinski definition) is 6. The van der Waals surface area contributed by atoms with Crippen LogP contribution in [0.1, 0.15) is 93.4 Å². The number of carbonyl (C=O) groups excluding carboxylic acids is 1. The molecule has 0 atom stereocenters. The van der Waals surface area contributed by atoms with Crippen molar-refractivity contribution >= 4 is 29.2 Å². The summed E-state index contributed by atoms with van der Waals surface area (Å²) in [5, 5.41) is 10.2. The van der Waals surface area contributed by atoms with Crippen molar-refractivity contribution in [3.8, 4) is 0 Å². The van der Waals surface area contributed by atoms with Crippen molar-refractivity contribution in [2.45, 2.75) is 97.6 Å². The Balaban J connectivity index is 1.03. The lowest BCUT2D eigenvalue weighted by Gasteiger charge is -2.42. The van der Waals surface area contributed by atoms with Gasteiger partial charge in [0.2, 0.25) is 5.91 Å². The first-order valence-corrected chi connectivity index (χ1v) is 19.0. The first-order valence-electron chi connectivity index (χ1n) is 19.0. The van der Waals surface area contributed by atoms with Crippen LogP contribution in [0.3, 0.4) is 0 Å². The molecule has 2 aliphatic heterocycles. The molecule has 7 heteroatoms. The third-order valence-corrected chi connectivity index (χ3v) is 10.6. The summed E-state index contributed by atoms with van der Waals surface area (Å²) in [6.45, 7) is 14.6. The molecule has 3 aromatic rings. The van der Waals surface area contributed by atoms with Crippen LogP contribution in [0.25, 0.3) is 0 Å². The Kier molecular flexibility index (Phi) is 14.1. The number of hydrogen-bond donors (Lipinski definition) is 3. The van der Waals surface area contributed by atoms with Gasteiger partial charge in [0, 0.05) is 74.7 Å². The summed E-state index contributed by atoms with van der Waals surface area (Å²) in [5.74, 6) is 0.645. The van der Waals surface area contributed by atoms with Crippen molar-refractivity contribution in [1.82, 2.24) is 10.2 Å². The summed E-state index contributed by atoms with van der Waals surface area (Å²) in [5.41, 5.74) is 11.0. The molecule has 1 amide bonds. The summed E-state index contributed by atoms with van der Waals surface area (Å²) in [7, 11) is 1.85. The highest BCUT2D eigenvalue weighted by Gasteiger charge is 2.29. The standard InChI is InChI=1S/C43H60N6O/c1-6-8-37(31-44-5)41(7-2)46-38-14-16-39(17-15-38)49-27-22-40(23-28-49)48-25-20-35(21-26-48)36-13-18-42(33(4)29-36)47-43(50)19-24-45-30-34-11-9-32(3)10-12-34/h9-18,29,31,35,40,45-46H,6-8,19-28,30H2,1-5H3,(H,47,50)/b41-37-,44-31?. The third-order valence-electron chi connectivity index (χ3n) is 10.6. The van der Waals surface area contributed by atoms with Crippen LogP contribution in [0.15, 0.2) is 83.0 Å². The van der Waals surface area contributed by atoms with E-state index in [1.807, 2.05) is 13.3 Å². The van der Waals surface area contributed by atoms with Crippen LogP contribution >= 0.6 is 0 Å². The largest absolute Gasteiger partial charge is 0.371 e. The number of nitrogens with one attached hydrogen (secondary N) is 3. The van der Waals surface area contributed by atoms with Crippen molar-refractivity contribution in [3.63, 3.8) is 0 Å². The molecule has 0 aromatic heterocycles. The van der Waals surface area contributed by atoms with Gasteiger partial charge in [-0.2, -0.15) is 0 Å². The Labute approximate surface area is 301 Å². The Morgan fingerprint density at radius 3 is 2.22 bits per heavy atom. The molecule has 2 heterocycles. The summed E-state index contributed by atoms with van der Waals surface area (Å²) in [6, 6.07) is 24.8. The van der Waals surface area contributed by atoms with Gasteiger partial charge in [-0.05, 0) is 124 Å². The van der Waals surface area contributed by atoms with Crippen molar-refractivity contribution in [3.05, 3.63) is 100 Å². The van der Waals surface area contributed by atoms with Crippen molar-refractivity contribution in [2.75, 3.05) is 55.3 Å². The maximum Gasteiger partial charge on any atom is 0.225 e. The van der Waals surface area contributed by atoms with E-state index >= 15 is 0 Å². The summed E-state index contributed by atoms with van der Waals surface area (Å²) in [4.78, 5) is 22.2. The highest BCUT2D eigenvalue weighted by atomic mass is 16.1. The molecular weight excluding hydrogens is 617 g/mol. The third kappa shape index (κ3) is 10.5. The SMILES string of the molecule is CCC/C(C=NC)=C(\CC)Nc1ccc(N2CCC(N3CCC(c4ccc(NC(=O)CCNCc5ccc(C)cc5)c(C)c4)CC3)CC2)cc1. The van der Waals surface area contributed by atoms with Crippen LogP contribution < -0.4 is 20.9 Å². The van der Waals surface area contributed by atoms with Gasteiger partial charge in [-0.25, -0.2) is 0 Å². The van der Waals surface area contributed by atoms with Crippen LogP contribution in [0.4, 0.5) is 17.1 Å². The molecule has 7 nitrogen and oxygen atoms in total. The number of aryl methyl sites for hydroxylation is 2. The monoisotopic (exact) mass is 676 g/mol. The van der Waals surface area contributed by atoms with Gasteiger partial charge >= 0.3 is 0 Å². The minimum Gasteiger partial charge on any atom is -0.371 e. The predicted molar refractivity (Wildman–Crippen MR) is 213 cm³/mol. The predicted octanol–water partition coefficient (Wildman–Crippen LogP) is 8.85. The van der Waals surface area contributed by atoms with Gasteiger partial charge in [-0.15, -0.1) is 0 Å². The van der Waals surface area contributed by atoms with E-state index in [1.165, 1.54) is 72.4 Å². The fourth-order valence-electron chi connectivity index (χ4n) is 7.57. The van der Waals surface area contributed by atoms with E-state index in [9.17, 15) is 4.79 Å². The normalized spacial score (nSPS) is 16.9. The number of piperidine rings is 2. The van der Waals surface area contributed by atoms with Gasteiger partial charge in [0.05, 0.1) is 0 Å². The van der Waals surface area contributed by atoms with E-state index in [4.69, 9.17) is 0 Å². The fraction of sp³-hybridized carbons (Fsp3) is 0.488. The molecule has 50 heavy (non-hydrogen) atoms. The molecule has 0 saturated carbocycles. The van der Waals surface area contributed by atoms with Crippen molar-refractivity contribution in [2.24, 2.45) is 4.99 Å². The van der Waals surface area contributed by atoms with E-state index in [0.717, 1.165) is 55.8 Å². The lowest BCUT2D eigenvalue weighted by atomic mass is 9.87. The van der Waals surface area contributed by atoms with Gasteiger partial charge in [-0.1, -0.05) is 62.2 Å². The maximum absolute atomic E-state index is 12.6. The molecule has 0 unspecified atom stereocenters. The lowest BCUT2D eigenvalue weighted by molar-refractivity contribution is -0.116. The summed E-state index contributed by atoms with van der Waals surface area (Å²) >= 11 is 0. The van der Waals surface area contributed by atoms with Gasteiger partial charge in [-0.3, -0.25) is 9.79 Å². The van der Waals surface area contributed by atoms with Gasteiger partial charge in [0.25, 0.3) is 0 Å². The second kappa shape index (κ2) is 18.9. The number of benzene rings is 3. The summed E-state index contributed by atoms with van der Waals surface area (Å²) < 4.78 is 0. The number of nitrogens with zero attached hydrogens (tertiary/aromatic N) is 3. The zero-order valence-corrected chi connectivity index (χ0v) is 31.2. The number of aliphatic imine (C=N–C) groups is 1. The number of amides is 1. The van der Waals surface area contributed by atoms with Gasteiger partial charge in [0.1, 0.15) is 0 Å². The zero-order chi connectivity index (χ0) is 35.3. The Bertz CT molecular complexity index is 1560. The summed E-state index contributed by atoms with van der Waals surface area (Å²) in [6.07, 6.45) is 10.4. The van der Waals surface area contributed by atoms with E-state index in [1.54, 1.807) is 0 Å². The van der Waals surface area contributed by atoms with Crippen LogP contribution in [0.5, 0.6) is 0 Å². The molecule has 2 aliphatic rings. The molecule has 3 N–H and O–H groups in total. The molecule has 0 spiro atoms. The second-order valence-corrected chi connectivity index (χ2v) is 14.2. The number of rotatable bonds is 15. The Hall–Kier alpha value is -3.94. The molecule has 0 aliphatic carbocycles. The minimum atomic E-state index is 0.0585. The number of carbonyl (C=O) groups is 1. The van der Waals surface area contributed by atoms with E-state index in [2.05, 4.69) is 125 Å². The molecule has 268 valence electrons. The average Bonchev–Trinajstić information content (AvgIpc) is 3.14. The Morgan fingerprint density at radius 1 is 0.860 bits per heavy atom. The quantitative estimate of drug-likeness (QED) is 0.111. The fourth-order valence-corrected chi connectivity index (χ4v) is 7.57. The molecule has 5 rings (SSSR count). The van der Waals surface area contributed by atoms with Crippen LogP contribution in [-0.4, -0.2) is 62.8 Å². The van der Waals surface area contributed by atoms with Crippen LogP contribution in [0, 0.1) is 13.8 Å². The topological polar surface area (TPSA) is 72.0 Å². The second-order valence-electron chi connectivity index (χ2n) is 14.2. The zero-order valence-electron chi connectivity index (χ0n) is 31.2. The number of allylic oxidation sites excluding steroid dienone is 2. The maximum atomic E-state index is 12.6. The molecule has 0 radical (unpaired) electrons.